The highest BCUT2D eigenvalue weighted by atomic mass is 35.5. The average Bonchev–Trinajstić information content (AvgIpc) is 3.51. The van der Waals surface area contributed by atoms with Gasteiger partial charge in [0.25, 0.3) is 0 Å². The van der Waals surface area contributed by atoms with Crippen molar-refractivity contribution in [3.8, 4) is 17.2 Å². The summed E-state index contributed by atoms with van der Waals surface area (Å²) in [4.78, 5) is 22.9. The van der Waals surface area contributed by atoms with Crippen LogP contribution in [0.25, 0.3) is 5.65 Å². The maximum atomic E-state index is 13.9. The molecule has 0 saturated carbocycles. The van der Waals surface area contributed by atoms with E-state index in [0.717, 1.165) is 27.5 Å². The molecule has 0 spiro atoms. The first-order chi connectivity index (χ1) is 21.5. The molecule has 0 N–H and O–H groups in total. The van der Waals surface area contributed by atoms with Gasteiger partial charge in [-0.15, -0.1) is 0 Å². The normalized spacial score (nSPS) is 14.0. The van der Waals surface area contributed by atoms with Crippen LogP contribution in [0, 0.1) is 0 Å². The number of ether oxygens (including phenoxy) is 3. The van der Waals surface area contributed by atoms with Crippen LogP contribution in [0.3, 0.4) is 0 Å². The number of aromatic nitrogens is 2. The van der Waals surface area contributed by atoms with Crippen molar-refractivity contribution in [2.24, 2.45) is 0 Å². The molecule has 8 nitrogen and oxygen atoms in total. The predicted octanol–water partition coefficient (Wildman–Crippen LogP) is 6.45. The number of amides is 1. The largest absolute Gasteiger partial charge is 0.497 e. The van der Waals surface area contributed by atoms with Crippen molar-refractivity contribution in [1.29, 1.82) is 0 Å². The van der Waals surface area contributed by atoms with Crippen molar-refractivity contribution in [2.75, 3.05) is 45.3 Å². The number of hydrogen-bond donors (Lipinski definition) is 0. The maximum absolute atomic E-state index is 13.9. The van der Waals surface area contributed by atoms with E-state index in [2.05, 4.69) is 4.90 Å². The molecule has 1 saturated heterocycles. The first-order valence-electron chi connectivity index (χ1n) is 14.7. The molecule has 3 heterocycles. The molecule has 44 heavy (non-hydrogen) atoms. The van der Waals surface area contributed by atoms with E-state index in [1.807, 2.05) is 107 Å². The van der Waals surface area contributed by atoms with Crippen LogP contribution in [0.1, 0.15) is 29.2 Å². The second-order valence-electron chi connectivity index (χ2n) is 10.7. The minimum absolute atomic E-state index is 0.0713. The van der Waals surface area contributed by atoms with Crippen molar-refractivity contribution >= 4 is 28.8 Å². The van der Waals surface area contributed by atoms with Gasteiger partial charge in [0.2, 0.25) is 5.91 Å². The standard InChI is InChI=1S/C35H35ClN4O4/c1-42-27-19-26(20-28(21-27)43-2)29(22-34(41)39-17-15-38(16-18-39)31-12-7-6-11-30(31)36)32-23-37-35-33(13-8-14-40(32)35)44-24-25-9-4-3-5-10-25/h3-14,19-21,23,29H,15-18,22,24H2,1-2H3. The fraction of sp³-hybridized carbons (Fsp3) is 0.257. The highest BCUT2D eigenvalue weighted by Gasteiger charge is 2.28. The molecule has 6 rings (SSSR count). The molecule has 1 fully saturated rings. The first-order valence-corrected chi connectivity index (χ1v) is 15.0. The van der Waals surface area contributed by atoms with Crippen LogP contribution in [0.2, 0.25) is 5.02 Å². The zero-order valence-electron chi connectivity index (χ0n) is 24.9. The van der Waals surface area contributed by atoms with Gasteiger partial charge in [0.05, 0.1) is 30.6 Å². The topological polar surface area (TPSA) is 68.5 Å². The number of methoxy groups -OCH3 is 2. The number of nitrogens with zero attached hydrogens (tertiary/aromatic N) is 4. The molecule has 1 aliphatic rings. The Bertz CT molecular complexity index is 1710. The van der Waals surface area contributed by atoms with E-state index >= 15 is 0 Å². The molecule has 226 valence electrons. The lowest BCUT2D eigenvalue weighted by Crippen LogP contribution is -2.49. The zero-order valence-corrected chi connectivity index (χ0v) is 25.6. The molecule has 1 unspecified atom stereocenters. The number of piperazine rings is 1. The number of imidazole rings is 1. The fourth-order valence-electron chi connectivity index (χ4n) is 5.74. The van der Waals surface area contributed by atoms with Crippen LogP contribution >= 0.6 is 11.6 Å². The Balaban J connectivity index is 1.28. The van der Waals surface area contributed by atoms with Crippen LogP contribution in [0.5, 0.6) is 17.2 Å². The molecular formula is C35H35ClN4O4. The fourth-order valence-corrected chi connectivity index (χ4v) is 6.00. The number of carbonyl (C=O) groups excluding carboxylic acids is 1. The van der Waals surface area contributed by atoms with Crippen LogP contribution in [0.15, 0.2) is 97.3 Å². The van der Waals surface area contributed by atoms with E-state index in [1.165, 1.54) is 0 Å². The molecular weight excluding hydrogens is 576 g/mol. The van der Waals surface area contributed by atoms with E-state index in [4.69, 9.17) is 30.8 Å². The summed E-state index contributed by atoms with van der Waals surface area (Å²) >= 11 is 6.45. The third kappa shape index (κ3) is 6.31. The number of anilines is 1. The molecule has 2 aromatic heterocycles. The molecule has 1 amide bonds. The number of pyridine rings is 1. The van der Waals surface area contributed by atoms with Gasteiger partial charge in [0, 0.05) is 57.0 Å². The van der Waals surface area contributed by atoms with E-state index in [-0.39, 0.29) is 18.2 Å². The smallest absolute Gasteiger partial charge is 0.223 e. The van der Waals surface area contributed by atoms with Crippen molar-refractivity contribution in [1.82, 2.24) is 14.3 Å². The summed E-state index contributed by atoms with van der Waals surface area (Å²) in [6.07, 6.45) is 4.06. The lowest BCUT2D eigenvalue weighted by molar-refractivity contribution is -0.131. The Morgan fingerprint density at radius 1 is 0.886 bits per heavy atom. The highest BCUT2D eigenvalue weighted by molar-refractivity contribution is 6.33. The van der Waals surface area contributed by atoms with Gasteiger partial charge in [0.15, 0.2) is 11.4 Å². The summed E-state index contributed by atoms with van der Waals surface area (Å²) in [7, 11) is 3.25. The molecule has 3 aromatic carbocycles. The van der Waals surface area contributed by atoms with E-state index < -0.39 is 0 Å². The van der Waals surface area contributed by atoms with Crippen molar-refractivity contribution < 1.29 is 19.0 Å². The van der Waals surface area contributed by atoms with Gasteiger partial charge in [0.1, 0.15) is 18.1 Å². The summed E-state index contributed by atoms with van der Waals surface area (Å²) in [5.41, 5.74) is 4.55. The molecule has 0 bridgehead atoms. The lowest BCUT2D eigenvalue weighted by Gasteiger charge is -2.37. The number of halogens is 1. The second-order valence-corrected chi connectivity index (χ2v) is 11.2. The summed E-state index contributed by atoms with van der Waals surface area (Å²) in [6.45, 7) is 3.08. The number of para-hydroxylation sites is 1. The minimum atomic E-state index is -0.313. The Kier molecular flexibility index (Phi) is 8.89. The number of rotatable bonds is 10. The first kappa shape index (κ1) is 29.4. The van der Waals surface area contributed by atoms with Gasteiger partial charge in [-0.3, -0.25) is 4.79 Å². The molecule has 1 aliphatic heterocycles. The van der Waals surface area contributed by atoms with Gasteiger partial charge >= 0.3 is 0 Å². The third-order valence-corrected chi connectivity index (χ3v) is 8.42. The monoisotopic (exact) mass is 610 g/mol. The molecule has 5 aromatic rings. The van der Waals surface area contributed by atoms with Crippen LogP contribution in [-0.2, 0) is 11.4 Å². The van der Waals surface area contributed by atoms with Crippen LogP contribution in [-0.4, -0.2) is 60.6 Å². The summed E-state index contributed by atoms with van der Waals surface area (Å²) in [5.74, 6) is 1.75. The van der Waals surface area contributed by atoms with Crippen LogP contribution in [0.4, 0.5) is 5.69 Å². The van der Waals surface area contributed by atoms with Crippen molar-refractivity contribution in [2.45, 2.75) is 18.9 Å². The maximum Gasteiger partial charge on any atom is 0.223 e. The van der Waals surface area contributed by atoms with Gasteiger partial charge < -0.3 is 28.4 Å². The predicted molar refractivity (Wildman–Crippen MR) is 172 cm³/mol. The van der Waals surface area contributed by atoms with Crippen molar-refractivity contribution in [3.63, 3.8) is 0 Å². The number of carbonyl (C=O) groups is 1. The molecule has 0 radical (unpaired) electrons. The Morgan fingerprint density at radius 2 is 1.59 bits per heavy atom. The number of hydrogen-bond acceptors (Lipinski definition) is 6. The lowest BCUT2D eigenvalue weighted by atomic mass is 9.91. The van der Waals surface area contributed by atoms with E-state index in [0.29, 0.717) is 55.7 Å². The van der Waals surface area contributed by atoms with Gasteiger partial charge in [-0.2, -0.15) is 0 Å². The Labute approximate surface area is 262 Å². The van der Waals surface area contributed by atoms with Crippen molar-refractivity contribution in [3.05, 3.63) is 119 Å². The highest BCUT2D eigenvalue weighted by Crippen LogP contribution is 2.36. The Hall–Kier alpha value is -4.69. The molecule has 9 heteroatoms. The van der Waals surface area contributed by atoms with E-state index in [9.17, 15) is 4.79 Å². The number of fused-ring (bicyclic) bond motifs is 1. The number of benzene rings is 3. The quantitative estimate of drug-likeness (QED) is 0.181. The molecule has 1 atom stereocenters. The SMILES string of the molecule is COc1cc(OC)cc(C(CC(=O)N2CCN(c3ccccc3Cl)CC2)c2cnc3c(OCc4ccccc4)cccn23)c1. The zero-order chi connectivity index (χ0) is 30.5. The summed E-state index contributed by atoms with van der Waals surface area (Å²) in [6, 6.07) is 27.5. The van der Waals surface area contributed by atoms with Gasteiger partial charge in [-0.1, -0.05) is 54.1 Å². The van der Waals surface area contributed by atoms with E-state index in [1.54, 1.807) is 14.2 Å². The van der Waals surface area contributed by atoms with Gasteiger partial charge in [-0.05, 0) is 47.5 Å². The molecule has 0 aliphatic carbocycles. The third-order valence-electron chi connectivity index (χ3n) is 8.10. The van der Waals surface area contributed by atoms with Gasteiger partial charge in [-0.25, -0.2) is 4.98 Å². The Morgan fingerprint density at radius 3 is 2.30 bits per heavy atom. The second kappa shape index (κ2) is 13.3. The summed E-state index contributed by atoms with van der Waals surface area (Å²) in [5, 5.41) is 0.721. The minimum Gasteiger partial charge on any atom is -0.497 e. The van der Waals surface area contributed by atoms with Crippen LogP contribution < -0.4 is 19.1 Å². The average molecular weight is 611 g/mol. The summed E-state index contributed by atoms with van der Waals surface area (Å²) < 4.78 is 19.4.